The zero-order valence-electron chi connectivity index (χ0n) is 13.2. The average Bonchev–Trinajstić information content (AvgIpc) is 3.08. The molecule has 2 aliphatic rings. The average molecular weight is 308 g/mol. The van der Waals surface area contributed by atoms with Crippen LogP contribution in [0.5, 0.6) is 0 Å². The minimum absolute atomic E-state index is 0.0108. The van der Waals surface area contributed by atoms with Crippen molar-refractivity contribution in [2.24, 2.45) is 11.8 Å². The third-order valence-electron chi connectivity index (χ3n) is 5.17. The van der Waals surface area contributed by atoms with Crippen LogP contribution in [-0.4, -0.2) is 27.7 Å². The molecule has 0 bridgehead atoms. The first-order chi connectivity index (χ1) is 11.2. The topological polar surface area (TPSA) is 53.2 Å². The Morgan fingerprint density at radius 1 is 1.13 bits per heavy atom. The maximum absolute atomic E-state index is 12.6. The number of carbonyl (C=O) groups excluding carboxylic acids is 2. The Labute approximate surface area is 135 Å². The Hall–Kier alpha value is -2.36. The third kappa shape index (κ3) is 2.21. The van der Waals surface area contributed by atoms with E-state index in [1.165, 1.54) is 4.90 Å². The van der Waals surface area contributed by atoms with E-state index in [9.17, 15) is 9.59 Å². The minimum atomic E-state index is -0.141. The maximum Gasteiger partial charge on any atom is 0.233 e. The number of amides is 2. The van der Waals surface area contributed by atoms with Crippen LogP contribution in [0.3, 0.4) is 0 Å². The van der Waals surface area contributed by atoms with Crippen molar-refractivity contribution in [3.63, 3.8) is 0 Å². The molecular formula is C19H20N2O2. The van der Waals surface area contributed by atoms with Gasteiger partial charge in [-0.1, -0.05) is 30.4 Å². The second-order valence-corrected chi connectivity index (χ2v) is 6.61. The quantitative estimate of drug-likeness (QED) is 0.700. The molecule has 1 fully saturated rings. The van der Waals surface area contributed by atoms with Crippen molar-refractivity contribution in [2.45, 2.75) is 32.2 Å². The molecule has 4 rings (SSSR count). The van der Waals surface area contributed by atoms with E-state index in [0.717, 1.165) is 16.5 Å². The molecule has 23 heavy (non-hydrogen) atoms. The summed E-state index contributed by atoms with van der Waals surface area (Å²) in [5, 5.41) is 1.16. The molecule has 4 heteroatoms. The Morgan fingerprint density at radius 3 is 2.48 bits per heavy atom. The summed E-state index contributed by atoms with van der Waals surface area (Å²) in [6.07, 6.45) is 8.13. The number of H-pyrrole nitrogens is 1. The van der Waals surface area contributed by atoms with E-state index in [2.05, 4.69) is 11.1 Å². The van der Waals surface area contributed by atoms with Gasteiger partial charge in [0.2, 0.25) is 11.8 Å². The molecule has 2 heterocycles. The molecule has 0 spiro atoms. The van der Waals surface area contributed by atoms with Crippen molar-refractivity contribution in [3.05, 3.63) is 48.2 Å². The van der Waals surface area contributed by atoms with Gasteiger partial charge in [0.05, 0.1) is 11.8 Å². The van der Waals surface area contributed by atoms with Crippen LogP contribution in [0.1, 0.15) is 25.3 Å². The largest absolute Gasteiger partial charge is 0.361 e. The molecule has 0 radical (unpaired) electrons. The maximum atomic E-state index is 12.6. The minimum Gasteiger partial charge on any atom is -0.361 e. The van der Waals surface area contributed by atoms with Gasteiger partial charge in [-0.3, -0.25) is 14.5 Å². The highest BCUT2D eigenvalue weighted by Crippen LogP contribution is 2.36. The van der Waals surface area contributed by atoms with Crippen LogP contribution in [0.2, 0.25) is 0 Å². The Bertz CT molecular complexity index is 779. The van der Waals surface area contributed by atoms with Gasteiger partial charge in [0, 0.05) is 23.1 Å². The van der Waals surface area contributed by atoms with E-state index in [4.69, 9.17) is 0 Å². The number of aromatic nitrogens is 1. The Morgan fingerprint density at radius 2 is 1.78 bits per heavy atom. The summed E-state index contributed by atoms with van der Waals surface area (Å²) in [5.41, 5.74) is 2.24. The standard InChI is InChI=1S/C19H20N2O2/c1-12(10-13-11-20-17-9-5-4-6-14(13)17)21-18(22)15-7-2-3-8-16(15)19(21)23/h2-6,9,11-12,15-16,20H,7-8,10H2,1H3/t12-,15-,16+/m1/s1. The monoisotopic (exact) mass is 308 g/mol. The number of nitrogens with zero attached hydrogens (tertiary/aromatic N) is 1. The van der Waals surface area contributed by atoms with Gasteiger partial charge in [-0.05, 0) is 37.8 Å². The molecule has 0 unspecified atom stereocenters. The van der Waals surface area contributed by atoms with E-state index in [-0.39, 0.29) is 29.7 Å². The predicted octanol–water partition coefficient (Wildman–Crippen LogP) is 3.05. The van der Waals surface area contributed by atoms with Gasteiger partial charge in [0.25, 0.3) is 0 Å². The lowest BCUT2D eigenvalue weighted by atomic mass is 9.85. The number of fused-ring (bicyclic) bond motifs is 2. The third-order valence-corrected chi connectivity index (χ3v) is 5.17. The fourth-order valence-corrected chi connectivity index (χ4v) is 3.97. The molecule has 1 saturated heterocycles. The number of para-hydroxylation sites is 1. The van der Waals surface area contributed by atoms with Crippen molar-refractivity contribution in [1.29, 1.82) is 0 Å². The van der Waals surface area contributed by atoms with Crippen LogP contribution in [0, 0.1) is 11.8 Å². The number of hydrogen-bond acceptors (Lipinski definition) is 2. The SMILES string of the molecule is C[C@H](Cc1c[nH]c2ccccc12)N1C(=O)[C@H]2CC=CC[C@H]2C1=O. The highest BCUT2D eigenvalue weighted by Gasteiger charge is 2.48. The van der Waals surface area contributed by atoms with Gasteiger partial charge >= 0.3 is 0 Å². The lowest BCUT2D eigenvalue weighted by Gasteiger charge is -2.23. The van der Waals surface area contributed by atoms with E-state index in [1.807, 2.05) is 43.5 Å². The first kappa shape index (κ1) is 14.2. The number of likely N-dealkylation sites (tertiary alicyclic amines) is 1. The zero-order valence-corrected chi connectivity index (χ0v) is 13.2. The molecule has 1 aliphatic carbocycles. The second kappa shape index (κ2) is 5.37. The first-order valence-corrected chi connectivity index (χ1v) is 8.23. The van der Waals surface area contributed by atoms with Crippen molar-refractivity contribution >= 4 is 22.7 Å². The molecule has 2 amide bonds. The molecular weight excluding hydrogens is 288 g/mol. The van der Waals surface area contributed by atoms with Crippen LogP contribution in [-0.2, 0) is 16.0 Å². The van der Waals surface area contributed by atoms with Gasteiger partial charge in [0.1, 0.15) is 0 Å². The number of nitrogens with one attached hydrogen (secondary N) is 1. The molecule has 1 aromatic heterocycles. The van der Waals surface area contributed by atoms with E-state index < -0.39 is 0 Å². The van der Waals surface area contributed by atoms with Gasteiger partial charge in [0.15, 0.2) is 0 Å². The van der Waals surface area contributed by atoms with E-state index in [0.29, 0.717) is 19.3 Å². The van der Waals surface area contributed by atoms with E-state index in [1.54, 1.807) is 0 Å². The smallest absolute Gasteiger partial charge is 0.233 e. The highest BCUT2D eigenvalue weighted by molar-refractivity contribution is 6.05. The molecule has 2 aromatic rings. The van der Waals surface area contributed by atoms with Crippen molar-refractivity contribution in [1.82, 2.24) is 9.88 Å². The molecule has 118 valence electrons. The molecule has 4 nitrogen and oxygen atoms in total. The fraction of sp³-hybridized carbons (Fsp3) is 0.368. The summed E-state index contributed by atoms with van der Waals surface area (Å²) in [4.78, 5) is 30.1. The summed E-state index contributed by atoms with van der Waals surface area (Å²) in [7, 11) is 0. The van der Waals surface area contributed by atoms with E-state index >= 15 is 0 Å². The number of imide groups is 1. The first-order valence-electron chi connectivity index (χ1n) is 8.23. The number of benzene rings is 1. The number of allylic oxidation sites excluding steroid dienone is 2. The Balaban J connectivity index is 1.58. The summed E-state index contributed by atoms with van der Waals surface area (Å²) >= 11 is 0. The number of rotatable bonds is 3. The number of carbonyl (C=O) groups is 2. The van der Waals surface area contributed by atoms with Gasteiger partial charge in [-0.2, -0.15) is 0 Å². The summed E-state index contributed by atoms with van der Waals surface area (Å²) in [6, 6.07) is 8.01. The van der Waals surface area contributed by atoms with Crippen molar-refractivity contribution in [2.75, 3.05) is 0 Å². The van der Waals surface area contributed by atoms with Crippen molar-refractivity contribution < 1.29 is 9.59 Å². The lowest BCUT2D eigenvalue weighted by molar-refractivity contribution is -0.142. The molecule has 0 saturated carbocycles. The predicted molar refractivity (Wildman–Crippen MR) is 88.7 cm³/mol. The van der Waals surface area contributed by atoms with Crippen molar-refractivity contribution in [3.8, 4) is 0 Å². The number of aromatic amines is 1. The molecule has 3 atom stereocenters. The van der Waals surface area contributed by atoms with Crippen LogP contribution >= 0.6 is 0 Å². The van der Waals surface area contributed by atoms with Gasteiger partial charge < -0.3 is 4.98 Å². The lowest BCUT2D eigenvalue weighted by Crippen LogP contribution is -2.40. The summed E-state index contributed by atoms with van der Waals surface area (Å²) in [6.45, 7) is 1.97. The highest BCUT2D eigenvalue weighted by atomic mass is 16.2. The summed E-state index contributed by atoms with van der Waals surface area (Å²) in [5.74, 6) is -0.260. The number of hydrogen-bond donors (Lipinski definition) is 1. The van der Waals surface area contributed by atoms with Crippen LogP contribution in [0.4, 0.5) is 0 Å². The van der Waals surface area contributed by atoms with Gasteiger partial charge in [-0.15, -0.1) is 0 Å². The van der Waals surface area contributed by atoms with Crippen LogP contribution in [0.15, 0.2) is 42.6 Å². The van der Waals surface area contributed by atoms with Crippen LogP contribution in [0.25, 0.3) is 10.9 Å². The van der Waals surface area contributed by atoms with Gasteiger partial charge in [-0.25, -0.2) is 0 Å². The molecule has 1 N–H and O–H groups in total. The fourth-order valence-electron chi connectivity index (χ4n) is 3.97. The second-order valence-electron chi connectivity index (χ2n) is 6.61. The zero-order chi connectivity index (χ0) is 16.0. The molecule has 1 aromatic carbocycles. The molecule has 1 aliphatic heterocycles. The normalized spacial score (nSPS) is 25.2. The summed E-state index contributed by atoms with van der Waals surface area (Å²) < 4.78 is 0. The Kier molecular flexibility index (Phi) is 3.33. The van der Waals surface area contributed by atoms with Crippen LogP contribution < -0.4 is 0 Å².